The molecule has 1 unspecified atom stereocenters. The summed E-state index contributed by atoms with van der Waals surface area (Å²) in [5.74, 6) is 0.667. The molecule has 30 heavy (non-hydrogen) atoms. The average Bonchev–Trinajstić information content (AvgIpc) is 2.80. The minimum absolute atomic E-state index is 0.0504. The lowest BCUT2D eigenvalue weighted by Crippen LogP contribution is -2.41. The summed E-state index contributed by atoms with van der Waals surface area (Å²) in [7, 11) is 0. The molecule has 0 spiro atoms. The molecule has 0 radical (unpaired) electrons. The molecule has 1 aliphatic rings. The lowest BCUT2D eigenvalue weighted by Gasteiger charge is -2.26. The second kappa shape index (κ2) is 7.36. The monoisotopic (exact) mass is 399 g/mol. The van der Waals surface area contributed by atoms with E-state index in [0.717, 1.165) is 21.9 Å². The van der Waals surface area contributed by atoms with Gasteiger partial charge in [-0.2, -0.15) is 0 Å². The molecular weight excluding hydrogens is 382 g/mol. The van der Waals surface area contributed by atoms with Crippen LogP contribution in [0.2, 0.25) is 0 Å². The molecule has 1 aliphatic heterocycles. The predicted octanol–water partition coefficient (Wildman–Crippen LogP) is 3.37. The molecule has 4 aromatic rings. The number of hydrogen-bond donors (Lipinski definition) is 2. The zero-order valence-electron chi connectivity index (χ0n) is 15.8. The number of ether oxygens (including phenoxy) is 2. The van der Waals surface area contributed by atoms with Crippen LogP contribution in [-0.4, -0.2) is 28.6 Å². The fraction of sp³-hybridized carbons (Fsp3) is 0.0870. The van der Waals surface area contributed by atoms with Crippen molar-refractivity contribution >= 4 is 22.4 Å². The summed E-state index contributed by atoms with van der Waals surface area (Å²) in [4.78, 5) is 31.6. The van der Waals surface area contributed by atoms with Crippen LogP contribution in [0.3, 0.4) is 0 Å². The van der Waals surface area contributed by atoms with Crippen LogP contribution >= 0.6 is 0 Å². The molecule has 0 saturated heterocycles. The standard InChI is InChI=1S/C23H17N3O4/c27-22-18(11-16(12-25-22)14-7-9-24-10-8-14)26-23(28)20-13-29-21-17-4-2-1-3-15(17)5-6-19(21)30-20/h1-12,20H,13H2,(H,25,27)(H,26,28). The van der Waals surface area contributed by atoms with E-state index >= 15 is 0 Å². The highest BCUT2D eigenvalue weighted by atomic mass is 16.6. The maximum atomic E-state index is 12.8. The highest BCUT2D eigenvalue weighted by molar-refractivity contribution is 5.96. The number of aromatic amines is 1. The first-order chi connectivity index (χ1) is 14.7. The molecule has 5 rings (SSSR count). The van der Waals surface area contributed by atoms with E-state index in [-0.39, 0.29) is 12.3 Å². The van der Waals surface area contributed by atoms with Crippen LogP contribution < -0.4 is 20.3 Å². The fourth-order valence-corrected chi connectivity index (χ4v) is 3.44. The Labute approximate surface area is 171 Å². The zero-order chi connectivity index (χ0) is 20.5. The van der Waals surface area contributed by atoms with E-state index in [1.54, 1.807) is 30.7 Å². The number of pyridine rings is 2. The molecule has 0 fully saturated rings. The van der Waals surface area contributed by atoms with Gasteiger partial charge < -0.3 is 19.8 Å². The lowest BCUT2D eigenvalue weighted by atomic mass is 10.1. The second-order valence-electron chi connectivity index (χ2n) is 6.89. The van der Waals surface area contributed by atoms with E-state index in [4.69, 9.17) is 9.47 Å². The van der Waals surface area contributed by atoms with Gasteiger partial charge in [0, 0.05) is 29.5 Å². The molecule has 148 valence electrons. The molecule has 1 atom stereocenters. The van der Waals surface area contributed by atoms with Crippen LogP contribution in [0.25, 0.3) is 21.9 Å². The molecule has 3 heterocycles. The van der Waals surface area contributed by atoms with Crippen LogP contribution in [-0.2, 0) is 4.79 Å². The Hall–Kier alpha value is -4.13. The van der Waals surface area contributed by atoms with Crippen LogP contribution in [0.15, 0.2) is 78.0 Å². The van der Waals surface area contributed by atoms with Crippen molar-refractivity contribution in [3.8, 4) is 22.6 Å². The molecule has 1 amide bonds. The zero-order valence-corrected chi connectivity index (χ0v) is 15.8. The Balaban J connectivity index is 1.38. The normalized spacial score (nSPS) is 15.0. The van der Waals surface area contributed by atoms with Gasteiger partial charge in [-0.3, -0.25) is 14.6 Å². The van der Waals surface area contributed by atoms with Crippen molar-refractivity contribution < 1.29 is 14.3 Å². The first-order valence-electron chi connectivity index (χ1n) is 9.44. The topological polar surface area (TPSA) is 93.3 Å². The third-order valence-corrected chi connectivity index (χ3v) is 4.96. The van der Waals surface area contributed by atoms with Gasteiger partial charge in [-0.1, -0.05) is 30.3 Å². The lowest BCUT2D eigenvalue weighted by molar-refractivity contribution is -0.125. The number of carbonyl (C=O) groups excluding carboxylic acids is 1. The Morgan fingerprint density at radius 1 is 1.07 bits per heavy atom. The summed E-state index contributed by atoms with van der Waals surface area (Å²) in [5, 5.41) is 4.61. The van der Waals surface area contributed by atoms with Gasteiger partial charge in [0.15, 0.2) is 11.5 Å². The van der Waals surface area contributed by atoms with Crippen LogP contribution in [0.1, 0.15) is 0 Å². The van der Waals surface area contributed by atoms with E-state index in [2.05, 4.69) is 15.3 Å². The van der Waals surface area contributed by atoms with Crippen LogP contribution in [0.4, 0.5) is 5.69 Å². The number of H-pyrrole nitrogens is 1. The van der Waals surface area contributed by atoms with Gasteiger partial charge in [0.25, 0.3) is 11.5 Å². The van der Waals surface area contributed by atoms with Crippen molar-refractivity contribution in [2.45, 2.75) is 6.10 Å². The number of amides is 1. The largest absolute Gasteiger partial charge is 0.485 e. The second-order valence-corrected chi connectivity index (χ2v) is 6.89. The number of nitrogens with one attached hydrogen (secondary N) is 2. The van der Waals surface area contributed by atoms with E-state index in [9.17, 15) is 9.59 Å². The van der Waals surface area contributed by atoms with Crippen molar-refractivity contribution in [3.63, 3.8) is 0 Å². The Kier molecular flexibility index (Phi) is 4.40. The summed E-state index contributed by atoms with van der Waals surface area (Å²) >= 11 is 0. The fourth-order valence-electron chi connectivity index (χ4n) is 3.44. The smallest absolute Gasteiger partial charge is 0.271 e. The number of fused-ring (bicyclic) bond motifs is 3. The third-order valence-electron chi connectivity index (χ3n) is 4.96. The highest BCUT2D eigenvalue weighted by Gasteiger charge is 2.29. The summed E-state index contributed by atoms with van der Waals surface area (Å²) in [5.41, 5.74) is 1.37. The molecular formula is C23H17N3O4. The first-order valence-corrected chi connectivity index (χ1v) is 9.44. The third kappa shape index (κ3) is 3.26. The predicted molar refractivity (Wildman–Crippen MR) is 113 cm³/mol. The molecule has 0 bridgehead atoms. The van der Waals surface area contributed by atoms with E-state index < -0.39 is 17.6 Å². The number of hydrogen-bond acceptors (Lipinski definition) is 5. The van der Waals surface area contributed by atoms with Crippen LogP contribution in [0.5, 0.6) is 11.5 Å². The van der Waals surface area contributed by atoms with Crippen molar-refractivity contribution in [2.75, 3.05) is 11.9 Å². The number of aromatic nitrogens is 2. The van der Waals surface area contributed by atoms with Gasteiger partial charge in [0.05, 0.1) is 0 Å². The highest BCUT2D eigenvalue weighted by Crippen LogP contribution is 2.38. The van der Waals surface area contributed by atoms with Gasteiger partial charge in [-0.05, 0) is 35.2 Å². The van der Waals surface area contributed by atoms with Gasteiger partial charge in [0.1, 0.15) is 12.3 Å². The summed E-state index contributed by atoms with van der Waals surface area (Å²) in [6, 6.07) is 16.8. The Morgan fingerprint density at radius 3 is 2.77 bits per heavy atom. The molecule has 7 nitrogen and oxygen atoms in total. The summed E-state index contributed by atoms with van der Waals surface area (Å²) < 4.78 is 11.7. The number of benzene rings is 2. The Morgan fingerprint density at radius 2 is 1.90 bits per heavy atom. The van der Waals surface area contributed by atoms with Gasteiger partial charge in [-0.25, -0.2) is 0 Å². The molecule has 2 aromatic carbocycles. The SMILES string of the molecule is O=C(Nc1cc(-c2ccncc2)c[nH]c1=O)C1COc2c(ccc3ccccc23)O1. The van der Waals surface area contributed by atoms with Crippen molar-refractivity contribution in [3.05, 3.63) is 83.5 Å². The van der Waals surface area contributed by atoms with Gasteiger partial charge in [0.2, 0.25) is 6.10 Å². The Bertz CT molecular complexity index is 1300. The van der Waals surface area contributed by atoms with Gasteiger partial charge >= 0.3 is 0 Å². The van der Waals surface area contributed by atoms with Crippen molar-refractivity contribution in [1.29, 1.82) is 0 Å². The molecule has 7 heteroatoms. The summed E-state index contributed by atoms with van der Waals surface area (Å²) in [6.07, 6.45) is 4.04. The van der Waals surface area contributed by atoms with E-state index in [1.165, 1.54) is 0 Å². The minimum atomic E-state index is -0.873. The number of rotatable bonds is 3. The quantitative estimate of drug-likeness (QED) is 0.551. The van der Waals surface area contributed by atoms with Crippen molar-refractivity contribution in [2.24, 2.45) is 0 Å². The maximum absolute atomic E-state index is 12.8. The molecule has 2 aromatic heterocycles. The number of anilines is 1. The van der Waals surface area contributed by atoms with Gasteiger partial charge in [-0.15, -0.1) is 0 Å². The molecule has 2 N–H and O–H groups in total. The van der Waals surface area contributed by atoms with E-state index in [1.807, 2.05) is 42.5 Å². The molecule has 0 aliphatic carbocycles. The number of nitrogens with zero attached hydrogens (tertiary/aromatic N) is 1. The molecule has 0 saturated carbocycles. The number of carbonyl (C=O) groups is 1. The average molecular weight is 399 g/mol. The first kappa shape index (κ1) is 17.9. The summed E-state index contributed by atoms with van der Waals surface area (Å²) in [6.45, 7) is 0.0504. The minimum Gasteiger partial charge on any atom is -0.485 e. The van der Waals surface area contributed by atoms with Crippen molar-refractivity contribution in [1.82, 2.24) is 9.97 Å². The maximum Gasteiger partial charge on any atom is 0.271 e. The van der Waals surface area contributed by atoms with Crippen LogP contribution in [0, 0.1) is 0 Å². The van der Waals surface area contributed by atoms with E-state index in [0.29, 0.717) is 11.5 Å².